The van der Waals surface area contributed by atoms with Crippen LogP contribution in [0.3, 0.4) is 0 Å². The molecule has 12 heteroatoms. The summed E-state index contributed by atoms with van der Waals surface area (Å²) in [5.74, 6) is -2.16. The summed E-state index contributed by atoms with van der Waals surface area (Å²) in [6.07, 6.45) is 0. The van der Waals surface area contributed by atoms with Crippen molar-refractivity contribution in [3.63, 3.8) is 0 Å². The van der Waals surface area contributed by atoms with Gasteiger partial charge in [0.05, 0.1) is 28.8 Å². The third-order valence-corrected chi connectivity index (χ3v) is 10.2. The lowest BCUT2D eigenvalue weighted by molar-refractivity contribution is -0.122. The number of anilines is 1. The number of carbonyl (C=O) groups is 3. The number of ether oxygens (including phenoxy) is 2. The normalized spacial score (nSPS) is 19.4. The molecule has 3 aromatic carbocycles. The molecule has 0 aliphatic carbocycles. The molecule has 6 rings (SSSR count). The molecule has 3 heterocycles. The number of nitrogens with one attached hydrogen (secondary N) is 1. The van der Waals surface area contributed by atoms with Crippen LogP contribution in [-0.4, -0.2) is 34.6 Å². The first-order valence-corrected chi connectivity index (χ1v) is 15.8. The van der Waals surface area contributed by atoms with Gasteiger partial charge in [-0.2, -0.15) is 0 Å². The number of aromatic amines is 1. The van der Waals surface area contributed by atoms with Crippen LogP contribution in [0, 0.1) is 5.92 Å². The third kappa shape index (κ3) is 5.30. The van der Waals surface area contributed by atoms with Crippen molar-refractivity contribution in [1.29, 1.82) is 0 Å². The fraction of sp³-hybridized carbons (Fsp3) is 0.200. The lowest BCUT2D eigenvalue weighted by Crippen LogP contribution is -2.32. The summed E-state index contributed by atoms with van der Waals surface area (Å²) in [6.45, 7) is 2.18. The van der Waals surface area contributed by atoms with Crippen LogP contribution in [0.15, 0.2) is 81.0 Å². The first-order chi connectivity index (χ1) is 20.2. The molecule has 2 amide bonds. The number of esters is 1. The highest BCUT2D eigenvalue weighted by Gasteiger charge is 2.56. The Morgan fingerprint density at radius 3 is 2.57 bits per heavy atom. The minimum Gasteiger partial charge on any atom is -0.489 e. The molecule has 1 saturated heterocycles. The van der Waals surface area contributed by atoms with E-state index in [9.17, 15) is 19.2 Å². The summed E-state index contributed by atoms with van der Waals surface area (Å²) in [4.78, 5) is 57.0. The molecule has 214 valence electrons. The molecule has 3 atom stereocenters. The van der Waals surface area contributed by atoms with Crippen molar-refractivity contribution in [3.8, 4) is 5.75 Å². The SMILES string of the molecule is CCOC(=O)c1ccc(N2C(=O)[C@H]3[C@H](c4cc(Br)ccc4OCc4cccc(Cl)c4)c4sc(=O)[nH]c4S[C@H]3C2=O)cc1. The van der Waals surface area contributed by atoms with E-state index in [4.69, 9.17) is 21.1 Å². The number of nitrogens with zero attached hydrogens (tertiary/aromatic N) is 1. The van der Waals surface area contributed by atoms with Gasteiger partial charge in [-0.1, -0.05) is 62.8 Å². The molecular formula is C30H22BrClN2O6S2. The molecule has 0 bridgehead atoms. The number of amides is 2. The van der Waals surface area contributed by atoms with E-state index < -0.39 is 34.9 Å². The lowest BCUT2D eigenvalue weighted by Gasteiger charge is -2.31. The van der Waals surface area contributed by atoms with E-state index in [1.165, 1.54) is 28.8 Å². The molecule has 1 aromatic heterocycles. The van der Waals surface area contributed by atoms with Gasteiger partial charge in [0.15, 0.2) is 0 Å². The summed E-state index contributed by atoms with van der Waals surface area (Å²) in [7, 11) is 0. The summed E-state index contributed by atoms with van der Waals surface area (Å²) in [5, 5.41) is 0.383. The van der Waals surface area contributed by atoms with Gasteiger partial charge in [-0.3, -0.25) is 14.4 Å². The quantitative estimate of drug-likeness (QED) is 0.177. The molecule has 8 nitrogen and oxygen atoms in total. The average molecular weight is 686 g/mol. The van der Waals surface area contributed by atoms with E-state index in [0.29, 0.717) is 37.5 Å². The van der Waals surface area contributed by atoms with Crippen molar-refractivity contribution in [2.24, 2.45) is 5.92 Å². The van der Waals surface area contributed by atoms with Gasteiger partial charge in [0.2, 0.25) is 11.8 Å². The number of carbonyl (C=O) groups excluding carboxylic acids is 3. The van der Waals surface area contributed by atoms with Crippen LogP contribution < -0.4 is 14.5 Å². The molecule has 4 aromatic rings. The van der Waals surface area contributed by atoms with E-state index in [0.717, 1.165) is 21.4 Å². The van der Waals surface area contributed by atoms with Crippen molar-refractivity contribution in [2.45, 2.75) is 29.7 Å². The van der Waals surface area contributed by atoms with Crippen molar-refractivity contribution < 1.29 is 23.9 Å². The maximum absolute atomic E-state index is 14.1. The van der Waals surface area contributed by atoms with Crippen LogP contribution in [0.4, 0.5) is 5.69 Å². The maximum Gasteiger partial charge on any atom is 0.338 e. The Morgan fingerprint density at radius 1 is 1.05 bits per heavy atom. The van der Waals surface area contributed by atoms with Crippen molar-refractivity contribution in [3.05, 3.63) is 107 Å². The fourth-order valence-corrected chi connectivity index (χ4v) is 8.35. The molecule has 1 N–H and O–H groups in total. The summed E-state index contributed by atoms with van der Waals surface area (Å²) >= 11 is 11.9. The molecule has 42 heavy (non-hydrogen) atoms. The Kier molecular flexibility index (Phi) is 8.01. The van der Waals surface area contributed by atoms with Gasteiger partial charge in [0.25, 0.3) is 0 Å². The summed E-state index contributed by atoms with van der Waals surface area (Å²) < 4.78 is 12.1. The van der Waals surface area contributed by atoms with Crippen LogP contribution in [0.5, 0.6) is 5.75 Å². The van der Waals surface area contributed by atoms with E-state index in [1.54, 1.807) is 25.1 Å². The second kappa shape index (κ2) is 11.7. The van der Waals surface area contributed by atoms with Crippen LogP contribution >= 0.6 is 50.6 Å². The number of thiazole rings is 1. The predicted molar refractivity (Wildman–Crippen MR) is 165 cm³/mol. The number of aromatic nitrogens is 1. The monoisotopic (exact) mass is 684 g/mol. The molecule has 2 aliphatic heterocycles. The minimum atomic E-state index is -0.797. The molecule has 0 spiro atoms. The number of fused-ring (bicyclic) bond motifs is 2. The van der Waals surface area contributed by atoms with E-state index in [-0.39, 0.29) is 18.1 Å². The maximum atomic E-state index is 14.1. The number of thioether (sulfide) groups is 1. The second-order valence-electron chi connectivity index (χ2n) is 9.63. The van der Waals surface area contributed by atoms with Gasteiger partial charge >= 0.3 is 10.8 Å². The zero-order valence-corrected chi connectivity index (χ0v) is 25.9. The van der Waals surface area contributed by atoms with Crippen LogP contribution in [0.1, 0.15) is 39.2 Å². The number of benzene rings is 3. The zero-order chi connectivity index (χ0) is 29.5. The molecule has 0 saturated carbocycles. The van der Waals surface area contributed by atoms with Crippen molar-refractivity contribution >= 4 is 74.1 Å². The van der Waals surface area contributed by atoms with Crippen LogP contribution in [-0.2, 0) is 20.9 Å². The Bertz CT molecular complexity index is 1770. The highest BCUT2D eigenvalue weighted by molar-refractivity contribution is 9.10. The fourth-order valence-electron chi connectivity index (χ4n) is 5.25. The highest BCUT2D eigenvalue weighted by atomic mass is 79.9. The highest BCUT2D eigenvalue weighted by Crippen LogP contribution is 2.54. The Labute approximate surface area is 262 Å². The lowest BCUT2D eigenvalue weighted by atomic mass is 9.82. The Balaban J connectivity index is 1.39. The number of rotatable bonds is 7. The van der Waals surface area contributed by atoms with E-state index >= 15 is 0 Å². The molecule has 0 radical (unpaired) electrons. The number of imide groups is 1. The summed E-state index contributed by atoms with van der Waals surface area (Å²) in [6, 6.07) is 19.0. The largest absolute Gasteiger partial charge is 0.489 e. The number of hydrogen-bond acceptors (Lipinski definition) is 8. The predicted octanol–water partition coefficient (Wildman–Crippen LogP) is 6.40. The van der Waals surface area contributed by atoms with Crippen LogP contribution in [0.25, 0.3) is 0 Å². The third-order valence-electron chi connectivity index (χ3n) is 7.05. The zero-order valence-electron chi connectivity index (χ0n) is 22.0. The van der Waals surface area contributed by atoms with Crippen molar-refractivity contribution in [2.75, 3.05) is 11.5 Å². The first kappa shape index (κ1) is 28.7. The summed E-state index contributed by atoms with van der Waals surface area (Å²) in [5.41, 5.74) is 2.22. The topological polar surface area (TPSA) is 106 Å². The van der Waals surface area contributed by atoms with Gasteiger partial charge in [0.1, 0.15) is 17.6 Å². The van der Waals surface area contributed by atoms with Gasteiger partial charge in [0, 0.05) is 25.9 Å². The van der Waals surface area contributed by atoms with Gasteiger partial charge in [-0.05, 0) is 67.1 Å². The van der Waals surface area contributed by atoms with Crippen LogP contribution in [0.2, 0.25) is 5.02 Å². The molecule has 1 fully saturated rings. The average Bonchev–Trinajstić information content (AvgIpc) is 3.46. The minimum absolute atomic E-state index is 0.229. The molecular weight excluding hydrogens is 664 g/mol. The number of hydrogen-bond donors (Lipinski definition) is 1. The van der Waals surface area contributed by atoms with Gasteiger partial charge < -0.3 is 14.5 Å². The number of H-pyrrole nitrogens is 1. The second-order valence-corrected chi connectivity index (χ2v) is 13.1. The number of halogens is 2. The standard InChI is InChI=1S/C30H22BrClN2O6S2/c1-2-39-29(37)16-6-9-19(10-7-16)34-27(35)23-22(24-26(33-30(38)42-24)41-25(23)28(34)36)20-13-17(31)8-11-21(20)40-14-15-4-3-5-18(32)12-15/h3-13,22-23,25H,2,14H2,1H3,(H,33,38)/t22-,23-,25+/m0/s1. The van der Waals surface area contributed by atoms with E-state index in [2.05, 4.69) is 20.9 Å². The first-order valence-electron chi connectivity index (χ1n) is 13.0. The molecule has 2 aliphatic rings. The molecule has 0 unspecified atom stereocenters. The Hall–Kier alpha value is -3.38. The van der Waals surface area contributed by atoms with Gasteiger partial charge in [-0.25, -0.2) is 9.69 Å². The van der Waals surface area contributed by atoms with Gasteiger partial charge in [-0.15, -0.1) is 0 Å². The van der Waals surface area contributed by atoms with Crippen molar-refractivity contribution in [1.82, 2.24) is 4.98 Å². The smallest absolute Gasteiger partial charge is 0.338 e. The van der Waals surface area contributed by atoms with E-state index in [1.807, 2.05) is 36.4 Å². The Morgan fingerprint density at radius 2 is 1.83 bits per heavy atom.